The molecule has 2 nitrogen and oxygen atoms in total. The lowest BCUT2D eigenvalue weighted by Crippen LogP contribution is -2.31. The van der Waals surface area contributed by atoms with E-state index in [1.807, 2.05) is 18.2 Å². The minimum absolute atomic E-state index is 0.0781. The van der Waals surface area contributed by atoms with Crippen LogP contribution in [0, 0.1) is 17.8 Å². The van der Waals surface area contributed by atoms with Gasteiger partial charge in [0.25, 0.3) is 0 Å². The van der Waals surface area contributed by atoms with Gasteiger partial charge in [-0.15, -0.1) is 0 Å². The molecule has 3 unspecified atom stereocenters. The van der Waals surface area contributed by atoms with E-state index in [0.29, 0.717) is 0 Å². The first-order valence-corrected chi connectivity index (χ1v) is 6.94. The van der Waals surface area contributed by atoms with Crippen molar-refractivity contribution in [2.24, 2.45) is 17.8 Å². The molecule has 2 N–H and O–H groups in total. The zero-order chi connectivity index (χ0) is 12.4. The Balaban J connectivity index is 1.57. The lowest BCUT2D eigenvalue weighted by Gasteiger charge is -2.23. The summed E-state index contributed by atoms with van der Waals surface area (Å²) in [6.45, 7) is 1.19. The van der Waals surface area contributed by atoms with Crippen molar-refractivity contribution in [1.29, 1.82) is 0 Å². The number of nitrogens with one attached hydrogen (secondary N) is 1. The average Bonchev–Trinajstić information content (AvgIpc) is 3.03. The van der Waals surface area contributed by atoms with Crippen LogP contribution in [0.5, 0.6) is 0 Å². The van der Waals surface area contributed by atoms with E-state index >= 15 is 0 Å². The number of aliphatic hydroxyl groups excluding tert-OH is 1. The van der Waals surface area contributed by atoms with Crippen molar-refractivity contribution in [1.82, 2.24) is 5.32 Å². The quantitative estimate of drug-likeness (QED) is 0.779. The predicted molar refractivity (Wildman–Crippen MR) is 73.1 cm³/mol. The van der Waals surface area contributed by atoms with Gasteiger partial charge in [-0.2, -0.15) is 0 Å². The van der Waals surface area contributed by atoms with Crippen LogP contribution in [-0.4, -0.2) is 18.3 Å². The van der Waals surface area contributed by atoms with Gasteiger partial charge in [-0.1, -0.05) is 42.5 Å². The van der Waals surface area contributed by atoms with E-state index < -0.39 is 0 Å². The second kappa shape index (κ2) is 5.25. The standard InChI is InChI=1S/C16H21NO/c18-11-16(13-4-2-1-3-5-13)17-10-15-9-12-6-7-14(15)8-12/h1-7,12,14-18H,8-11H2/t12?,14?,15?,16-/m1/s1. The summed E-state index contributed by atoms with van der Waals surface area (Å²) in [6.07, 6.45) is 7.43. The van der Waals surface area contributed by atoms with E-state index in [1.54, 1.807) is 0 Å². The van der Waals surface area contributed by atoms with Gasteiger partial charge in [0.2, 0.25) is 0 Å². The average molecular weight is 243 g/mol. The van der Waals surface area contributed by atoms with Gasteiger partial charge in [-0.3, -0.25) is 0 Å². The topological polar surface area (TPSA) is 32.3 Å². The maximum Gasteiger partial charge on any atom is 0.0626 e. The summed E-state index contributed by atoms with van der Waals surface area (Å²) in [5.41, 5.74) is 1.18. The molecule has 1 aromatic rings. The Morgan fingerprint density at radius 3 is 2.61 bits per heavy atom. The minimum atomic E-state index is 0.0781. The third-order valence-corrected chi connectivity index (χ3v) is 4.43. The fraction of sp³-hybridized carbons (Fsp3) is 0.500. The van der Waals surface area contributed by atoms with Crippen molar-refractivity contribution in [3.8, 4) is 0 Å². The Morgan fingerprint density at radius 1 is 1.17 bits per heavy atom. The molecule has 18 heavy (non-hydrogen) atoms. The molecular formula is C16H21NO. The third kappa shape index (κ3) is 2.36. The number of fused-ring (bicyclic) bond motifs is 2. The molecule has 2 aliphatic rings. The lowest BCUT2D eigenvalue weighted by molar-refractivity contribution is 0.235. The SMILES string of the molecule is OC[C@@H](NCC1CC2C=CC1C2)c1ccccc1. The Hall–Kier alpha value is -1.12. The fourth-order valence-electron chi connectivity index (χ4n) is 3.40. The molecular weight excluding hydrogens is 222 g/mol. The highest BCUT2D eigenvalue weighted by Crippen LogP contribution is 2.43. The number of rotatable bonds is 5. The normalized spacial score (nSPS) is 30.8. The largest absolute Gasteiger partial charge is 0.394 e. The van der Waals surface area contributed by atoms with Crippen molar-refractivity contribution in [2.45, 2.75) is 18.9 Å². The van der Waals surface area contributed by atoms with Gasteiger partial charge < -0.3 is 10.4 Å². The second-order valence-corrected chi connectivity index (χ2v) is 5.59. The fourth-order valence-corrected chi connectivity index (χ4v) is 3.40. The number of hydrogen-bond acceptors (Lipinski definition) is 2. The molecule has 0 spiro atoms. The predicted octanol–water partition coefficient (Wildman–Crippen LogP) is 2.52. The molecule has 0 heterocycles. The molecule has 96 valence electrons. The summed E-state index contributed by atoms with van der Waals surface area (Å²) in [5.74, 6) is 2.36. The first-order chi connectivity index (χ1) is 8.86. The van der Waals surface area contributed by atoms with Crippen LogP contribution in [0.15, 0.2) is 42.5 Å². The molecule has 2 aliphatic carbocycles. The zero-order valence-corrected chi connectivity index (χ0v) is 10.6. The van der Waals surface area contributed by atoms with Crippen molar-refractivity contribution < 1.29 is 5.11 Å². The van der Waals surface area contributed by atoms with Gasteiger partial charge in [0.15, 0.2) is 0 Å². The van der Waals surface area contributed by atoms with Crippen LogP contribution >= 0.6 is 0 Å². The molecule has 1 aromatic carbocycles. The van der Waals surface area contributed by atoms with Gasteiger partial charge in [-0.25, -0.2) is 0 Å². The summed E-state index contributed by atoms with van der Waals surface area (Å²) in [7, 11) is 0. The summed E-state index contributed by atoms with van der Waals surface area (Å²) in [6, 6.07) is 10.3. The highest BCUT2D eigenvalue weighted by molar-refractivity contribution is 5.19. The molecule has 0 saturated heterocycles. The summed E-state index contributed by atoms with van der Waals surface area (Å²) in [5, 5.41) is 13.0. The Kier molecular flexibility index (Phi) is 3.48. The number of hydrogen-bond donors (Lipinski definition) is 2. The summed E-state index contributed by atoms with van der Waals surface area (Å²) >= 11 is 0. The second-order valence-electron chi connectivity index (χ2n) is 5.59. The van der Waals surface area contributed by atoms with Crippen LogP contribution in [0.3, 0.4) is 0 Å². The van der Waals surface area contributed by atoms with Crippen molar-refractivity contribution in [2.75, 3.05) is 13.2 Å². The van der Waals surface area contributed by atoms with Crippen LogP contribution in [0.4, 0.5) is 0 Å². The number of aliphatic hydroxyl groups is 1. The van der Waals surface area contributed by atoms with Crippen LogP contribution in [0.1, 0.15) is 24.4 Å². The Morgan fingerprint density at radius 2 is 2.00 bits per heavy atom. The molecule has 0 aliphatic heterocycles. The van der Waals surface area contributed by atoms with E-state index in [4.69, 9.17) is 0 Å². The third-order valence-electron chi connectivity index (χ3n) is 4.43. The highest BCUT2D eigenvalue weighted by atomic mass is 16.3. The first-order valence-electron chi connectivity index (χ1n) is 6.94. The molecule has 2 heteroatoms. The number of allylic oxidation sites excluding steroid dienone is 2. The minimum Gasteiger partial charge on any atom is -0.394 e. The van der Waals surface area contributed by atoms with Crippen LogP contribution < -0.4 is 5.32 Å². The van der Waals surface area contributed by atoms with E-state index in [0.717, 1.165) is 24.3 Å². The maximum atomic E-state index is 9.51. The van der Waals surface area contributed by atoms with E-state index in [-0.39, 0.29) is 12.6 Å². The van der Waals surface area contributed by atoms with E-state index in [9.17, 15) is 5.11 Å². The van der Waals surface area contributed by atoms with Gasteiger partial charge in [0.1, 0.15) is 0 Å². The van der Waals surface area contributed by atoms with Crippen molar-refractivity contribution in [3.05, 3.63) is 48.0 Å². The smallest absolute Gasteiger partial charge is 0.0626 e. The van der Waals surface area contributed by atoms with Crippen LogP contribution in [0.2, 0.25) is 0 Å². The molecule has 1 fully saturated rings. The zero-order valence-electron chi connectivity index (χ0n) is 10.6. The summed E-state index contributed by atoms with van der Waals surface area (Å²) < 4.78 is 0. The molecule has 2 bridgehead atoms. The van der Waals surface area contributed by atoms with Gasteiger partial charge in [0.05, 0.1) is 12.6 Å². The van der Waals surface area contributed by atoms with Crippen LogP contribution in [0.25, 0.3) is 0 Å². The molecule has 0 radical (unpaired) electrons. The van der Waals surface area contributed by atoms with Crippen molar-refractivity contribution in [3.63, 3.8) is 0 Å². The van der Waals surface area contributed by atoms with E-state index in [2.05, 4.69) is 29.6 Å². The van der Waals surface area contributed by atoms with Gasteiger partial charge in [-0.05, 0) is 42.7 Å². The molecule has 0 aromatic heterocycles. The highest BCUT2D eigenvalue weighted by Gasteiger charge is 2.35. The van der Waals surface area contributed by atoms with Gasteiger partial charge in [0, 0.05) is 0 Å². The monoisotopic (exact) mass is 243 g/mol. The van der Waals surface area contributed by atoms with Crippen LogP contribution in [-0.2, 0) is 0 Å². The molecule has 0 amide bonds. The maximum absolute atomic E-state index is 9.51. The van der Waals surface area contributed by atoms with Crippen molar-refractivity contribution >= 4 is 0 Å². The number of benzene rings is 1. The molecule has 4 atom stereocenters. The Labute approximate surface area is 109 Å². The summed E-state index contributed by atoms with van der Waals surface area (Å²) in [4.78, 5) is 0. The first kappa shape index (κ1) is 11.9. The van der Waals surface area contributed by atoms with Gasteiger partial charge >= 0.3 is 0 Å². The molecule has 1 saturated carbocycles. The lowest BCUT2D eigenvalue weighted by atomic mass is 9.93. The Bertz CT molecular complexity index is 414. The van der Waals surface area contributed by atoms with E-state index in [1.165, 1.54) is 18.4 Å². The molecule has 3 rings (SSSR count).